The van der Waals surface area contributed by atoms with E-state index in [-0.39, 0.29) is 30.6 Å². The van der Waals surface area contributed by atoms with Crippen molar-refractivity contribution in [3.63, 3.8) is 0 Å². The topological polar surface area (TPSA) is 91.7 Å². The third-order valence-electron chi connectivity index (χ3n) is 4.35. The van der Waals surface area contributed by atoms with E-state index in [1.807, 2.05) is 30.3 Å². The predicted molar refractivity (Wildman–Crippen MR) is 99.7 cm³/mol. The number of aryl methyl sites for hydroxylation is 1. The Bertz CT molecular complexity index is 787. The van der Waals surface area contributed by atoms with Gasteiger partial charge in [-0.15, -0.1) is 0 Å². The molecule has 2 aromatic carbocycles. The number of carbonyl (C=O) groups is 1. The van der Waals surface area contributed by atoms with Gasteiger partial charge in [-0.3, -0.25) is 4.79 Å². The van der Waals surface area contributed by atoms with Crippen molar-refractivity contribution in [3.05, 3.63) is 66.2 Å². The molecule has 2 aromatic rings. The number of aliphatic hydroxyl groups excluding tert-OH is 1. The van der Waals surface area contributed by atoms with Crippen LogP contribution in [0.2, 0.25) is 0 Å². The summed E-state index contributed by atoms with van der Waals surface area (Å²) in [4.78, 5) is 10.9. The van der Waals surface area contributed by atoms with E-state index >= 15 is 0 Å². The van der Waals surface area contributed by atoms with Crippen molar-refractivity contribution in [1.29, 1.82) is 0 Å². The molecule has 0 heterocycles. The summed E-state index contributed by atoms with van der Waals surface area (Å²) in [5.41, 5.74) is 0.999. The summed E-state index contributed by atoms with van der Waals surface area (Å²) in [6, 6.07) is 17.6. The first-order valence-electron chi connectivity index (χ1n) is 8.64. The van der Waals surface area contributed by atoms with Gasteiger partial charge in [0.25, 0.3) is 0 Å². The molecule has 140 valence electrons. The van der Waals surface area contributed by atoms with Crippen LogP contribution in [0.1, 0.15) is 31.2 Å². The van der Waals surface area contributed by atoms with Crippen molar-refractivity contribution in [2.24, 2.45) is 0 Å². The largest absolute Gasteiger partial charge is 0.481 e. The Kier molecular flexibility index (Phi) is 7.36. The van der Waals surface area contributed by atoms with Crippen LogP contribution >= 0.6 is 0 Å². The van der Waals surface area contributed by atoms with Crippen molar-refractivity contribution in [3.8, 4) is 0 Å². The lowest BCUT2D eigenvalue weighted by atomic mass is 10.0. The van der Waals surface area contributed by atoms with Gasteiger partial charge in [0, 0.05) is 6.42 Å². The summed E-state index contributed by atoms with van der Waals surface area (Å²) in [5.74, 6) is -0.955. The second-order valence-corrected chi connectivity index (χ2v) is 8.44. The molecule has 5 nitrogen and oxygen atoms in total. The molecule has 0 aliphatic carbocycles. The van der Waals surface area contributed by atoms with E-state index in [0.29, 0.717) is 6.42 Å². The molecule has 26 heavy (non-hydrogen) atoms. The Morgan fingerprint density at radius 2 is 1.50 bits per heavy atom. The summed E-state index contributed by atoms with van der Waals surface area (Å²) in [5, 5.41) is 18.3. The van der Waals surface area contributed by atoms with Crippen molar-refractivity contribution in [2.75, 3.05) is 0 Å². The van der Waals surface area contributed by atoms with Crippen LogP contribution in [0.3, 0.4) is 0 Å². The fourth-order valence-electron chi connectivity index (χ4n) is 2.94. The van der Waals surface area contributed by atoms with Crippen molar-refractivity contribution in [2.45, 2.75) is 48.4 Å². The van der Waals surface area contributed by atoms with Gasteiger partial charge in [0.15, 0.2) is 9.84 Å². The van der Waals surface area contributed by atoms with Gasteiger partial charge in [-0.25, -0.2) is 8.42 Å². The molecule has 0 spiro atoms. The minimum Gasteiger partial charge on any atom is -0.481 e. The highest BCUT2D eigenvalue weighted by atomic mass is 32.2. The van der Waals surface area contributed by atoms with Gasteiger partial charge in [0.1, 0.15) is 0 Å². The van der Waals surface area contributed by atoms with Crippen LogP contribution in [-0.2, 0) is 21.1 Å². The second kappa shape index (κ2) is 9.50. The standard InChI is InChI=1S/C20H24O5S/c21-18(12-7-13-20(22)23)19(15-14-16-8-3-1-4-9-16)26(24,25)17-10-5-2-6-11-17/h1-6,8-11,18-19,21H,7,12-15H2,(H,22,23)/t18-,19-/m1/s1. The van der Waals surface area contributed by atoms with Crippen LogP contribution in [0.25, 0.3) is 0 Å². The highest BCUT2D eigenvalue weighted by Gasteiger charge is 2.33. The third kappa shape index (κ3) is 5.68. The molecular formula is C20H24O5S. The lowest BCUT2D eigenvalue weighted by Gasteiger charge is -2.23. The van der Waals surface area contributed by atoms with E-state index in [9.17, 15) is 18.3 Å². The van der Waals surface area contributed by atoms with E-state index in [1.54, 1.807) is 18.2 Å². The number of carboxylic acids is 1. The maximum atomic E-state index is 13.0. The summed E-state index contributed by atoms with van der Waals surface area (Å²) in [6.07, 6.45) is -0.0274. The number of sulfone groups is 1. The zero-order valence-corrected chi connectivity index (χ0v) is 15.3. The molecule has 0 aliphatic rings. The quantitative estimate of drug-likeness (QED) is 0.665. The maximum absolute atomic E-state index is 13.0. The fraction of sp³-hybridized carbons (Fsp3) is 0.350. The van der Waals surface area contributed by atoms with Gasteiger partial charge >= 0.3 is 5.97 Å². The van der Waals surface area contributed by atoms with Gasteiger partial charge in [0.05, 0.1) is 16.2 Å². The first kappa shape index (κ1) is 20.1. The lowest BCUT2D eigenvalue weighted by molar-refractivity contribution is -0.137. The minimum atomic E-state index is -3.72. The number of benzene rings is 2. The molecule has 0 amide bonds. The van der Waals surface area contributed by atoms with Crippen molar-refractivity contribution >= 4 is 15.8 Å². The number of carboxylic acid groups (broad SMARTS) is 1. The molecule has 0 radical (unpaired) electrons. The molecule has 0 saturated heterocycles. The number of aliphatic carboxylic acids is 1. The smallest absolute Gasteiger partial charge is 0.303 e. The molecule has 0 aromatic heterocycles. The van der Waals surface area contributed by atoms with Crippen LogP contribution in [0.5, 0.6) is 0 Å². The molecule has 0 saturated carbocycles. The number of rotatable bonds is 10. The second-order valence-electron chi connectivity index (χ2n) is 6.27. The average molecular weight is 376 g/mol. The Labute approximate surface area is 154 Å². The average Bonchev–Trinajstić information content (AvgIpc) is 2.63. The zero-order valence-electron chi connectivity index (χ0n) is 14.5. The van der Waals surface area contributed by atoms with Crippen LogP contribution in [0.4, 0.5) is 0 Å². The molecule has 2 N–H and O–H groups in total. The van der Waals surface area contributed by atoms with Crippen molar-refractivity contribution < 1.29 is 23.4 Å². The molecule has 6 heteroatoms. The highest BCUT2D eigenvalue weighted by molar-refractivity contribution is 7.92. The first-order chi connectivity index (χ1) is 12.4. The lowest BCUT2D eigenvalue weighted by Crippen LogP contribution is -2.35. The van der Waals surface area contributed by atoms with E-state index in [1.165, 1.54) is 12.1 Å². The van der Waals surface area contributed by atoms with Gasteiger partial charge in [-0.1, -0.05) is 48.5 Å². The summed E-state index contributed by atoms with van der Waals surface area (Å²) in [6.45, 7) is 0. The summed E-state index contributed by atoms with van der Waals surface area (Å²) < 4.78 is 26.0. The predicted octanol–water partition coefficient (Wildman–Crippen LogP) is 3.08. The zero-order chi connectivity index (χ0) is 19.0. The fourth-order valence-corrected chi connectivity index (χ4v) is 4.81. The Morgan fingerprint density at radius 3 is 2.08 bits per heavy atom. The molecule has 0 unspecified atom stereocenters. The Hall–Kier alpha value is -2.18. The molecule has 2 rings (SSSR count). The van der Waals surface area contributed by atoms with E-state index in [4.69, 9.17) is 5.11 Å². The molecular weight excluding hydrogens is 352 g/mol. The van der Waals surface area contributed by atoms with Gasteiger partial charge < -0.3 is 10.2 Å². The van der Waals surface area contributed by atoms with Crippen LogP contribution in [0, 0.1) is 0 Å². The molecule has 0 bridgehead atoms. The summed E-state index contributed by atoms with van der Waals surface area (Å²) in [7, 11) is -3.72. The number of hydrogen-bond acceptors (Lipinski definition) is 4. The first-order valence-corrected chi connectivity index (χ1v) is 10.2. The highest BCUT2D eigenvalue weighted by Crippen LogP contribution is 2.25. The Balaban J connectivity index is 2.18. The van der Waals surface area contributed by atoms with E-state index < -0.39 is 27.2 Å². The van der Waals surface area contributed by atoms with Crippen LogP contribution in [-0.4, -0.2) is 36.0 Å². The van der Waals surface area contributed by atoms with Gasteiger partial charge in [-0.2, -0.15) is 0 Å². The van der Waals surface area contributed by atoms with Crippen LogP contribution < -0.4 is 0 Å². The number of aliphatic hydroxyl groups is 1. The van der Waals surface area contributed by atoms with E-state index in [0.717, 1.165) is 5.56 Å². The van der Waals surface area contributed by atoms with Gasteiger partial charge in [-0.05, 0) is 43.4 Å². The SMILES string of the molecule is O=C(O)CCC[C@@H](O)[C@@H](CCc1ccccc1)S(=O)(=O)c1ccccc1. The van der Waals surface area contributed by atoms with E-state index in [2.05, 4.69) is 0 Å². The van der Waals surface area contributed by atoms with Gasteiger partial charge in [0.2, 0.25) is 0 Å². The maximum Gasteiger partial charge on any atom is 0.303 e. The third-order valence-corrected chi connectivity index (χ3v) is 6.63. The summed E-state index contributed by atoms with van der Waals surface area (Å²) >= 11 is 0. The van der Waals surface area contributed by atoms with Crippen molar-refractivity contribution in [1.82, 2.24) is 0 Å². The normalized spacial score (nSPS) is 13.9. The van der Waals surface area contributed by atoms with Crippen LogP contribution in [0.15, 0.2) is 65.6 Å². The number of hydrogen-bond donors (Lipinski definition) is 2. The molecule has 2 atom stereocenters. The molecule has 0 aliphatic heterocycles. The Morgan fingerprint density at radius 1 is 0.923 bits per heavy atom. The minimum absolute atomic E-state index is 0.0894. The molecule has 0 fully saturated rings. The monoisotopic (exact) mass is 376 g/mol.